The van der Waals surface area contributed by atoms with Gasteiger partial charge >= 0.3 is 0 Å². The van der Waals surface area contributed by atoms with Crippen LogP contribution in [-0.4, -0.2) is 30.7 Å². The van der Waals surface area contributed by atoms with Gasteiger partial charge in [-0.25, -0.2) is 9.97 Å². The number of benzene rings is 1. The van der Waals surface area contributed by atoms with Crippen LogP contribution >= 0.6 is 0 Å². The molecule has 20 heavy (non-hydrogen) atoms. The smallest absolute Gasteiger partial charge is 0.142 e. The molecule has 0 aliphatic carbocycles. The van der Waals surface area contributed by atoms with E-state index in [2.05, 4.69) is 15.3 Å². The molecule has 1 N–H and O–H groups in total. The molecule has 106 valence electrons. The highest BCUT2D eigenvalue weighted by molar-refractivity contribution is 5.67. The van der Waals surface area contributed by atoms with Crippen molar-refractivity contribution in [2.75, 3.05) is 30.9 Å². The Bertz CT molecular complexity index is 586. The van der Waals surface area contributed by atoms with Crippen molar-refractivity contribution in [3.63, 3.8) is 0 Å². The Balaban J connectivity index is 2.39. The largest absolute Gasteiger partial charge is 0.495 e. The normalized spacial score (nSPS) is 10.2. The van der Waals surface area contributed by atoms with Crippen LogP contribution in [0.4, 0.5) is 17.3 Å². The molecule has 5 heteroatoms. The monoisotopic (exact) mass is 272 g/mol. The number of nitrogens with one attached hydrogen (secondary N) is 1. The number of hydrogen-bond acceptors (Lipinski definition) is 5. The number of rotatable bonds is 5. The van der Waals surface area contributed by atoms with Gasteiger partial charge in [-0.15, -0.1) is 0 Å². The number of methoxy groups -OCH3 is 1. The molecule has 0 fully saturated rings. The molecule has 1 aromatic carbocycles. The summed E-state index contributed by atoms with van der Waals surface area (Å²) >= 11 is 0. The van der Waals surface area contributed by atoms with Crippen LogP contribution in [0.1, 0.15) is 12.7 Å². The Morgan fingerprint density at radius 2 is 2.00 bits per heavy atom. The molecule has 5 nitrogen and oxygen atoms in total. The molecular formula is C15H20N4O. The summed E-state index contributed by atoms with van der Waals surface area (Å²) in [6.07, 6.45) is 0. The molecule has 0 saturated carbocycles. The van der Waals surface area contributed by atoms with E-state index in [0.717, 1.165) is 35.4 Å². The lowest BCUT2D eigenvalue weighted by molar-refractivity contribution is 0.415. The molecule has 0 bridgehead atoms. The second kappa shape index (κ2) is 6.23. The summed E-state index contributed by atoms with van der Waals surface area (Å²) in [4.78, 5) is 10.8. The Hall–Kier alpha value is -2.30. The van der Waals surface area contributed by atoms with Crippen molar-refractivity contribution in [1.29, 1.82) is 0 Å². The number of aromatic nitrogens is 2. The minimum Gasteiger partial charge on any atom is -0.495 e. The van der Waals surface area contributed by atoms with Crippen LogP contribution in [0.15, 0.2) is 30.3 Å². The second-order valence-electron chi connectivity index (χ2n) is 4.42. The maximum Gasteiger partial charge on any atom is 0.142 e. The van der Waals surface area contributed by atoms with Crippen LogP contribution in [0.25, 0.3) is 0 Å². The number of hydrogen-bond donors (Lipinski definition) is 1. The molecule has 0 unspecified atom stereocenters. The molecule has 0 saturated heterocycles. The summed E-state index contributed by atoms with van der Waals surface area (Å²) < 4.78 is 5.40. The summed E-state index contributed by atoms with van der Waals surface area (Å²) in [5.41, 5.74) is 0.968. The first-order chi connectivity index (χ1) is 9.65. The summed E-state index contributed by atoms with van der Waals surface area (Å²) in [6, 6.07) is 9.80. The average molecular weight is 272 g/mol. The van der Waals surface area contributed by atoms with Gasteiger partial charge in [-0.2, -0.15) is 0 Å². The van der Waals surface area contributed by atoms with Crippen molar-refractivity contribution in [2.45, 2.75) is 13.8 Å². The van der Waals surface area contributed by atoms with E-state index >= 15 is 0 Å². The molecule has 0 aliphatic heterocycles. The van der Waals surface area contributed by atoms with Crippen molar-refractivity contribution in [1.82, 2.24) is 9.97 Å². The van der Waals surface area contributed by atoms with E-state index in [1.165, 1.54) is 0 Å². The van der Waals surface area contributed by atoms with Gasteiger partial charge in [-0.3, -0.25) is 0 Å². The van der Waals surface area contributed by atoms with E-state index < -0.39 is 0 Å². The van der Waals surface area contributed by atoms with E-state index in [4.69, 9.17) is 4.74 Å². The summed E-state index contributed by atoms with van der Waals surface area (Å²) in [6.45, 7) is 4.76. The SMILES string of the molecule is CCNc1cc(N(C)c2ccccc2OC)nc(C)n1. The van der Waals surface area contributed by atoms with Gasteiger partial charge in [0.25, 0.3) is 0 Å². The van der Waals surface area contributed by atoms with Gasteiger partial charge < -0.3 is 15.0 Å². The number of nitrogens with zero attached hydrogens (tertiary/aromatic N) is 3. The van der Waals surface area contributed by atoms with E-state index in [9.17, 15) is 0 Å². The zero-order valence-electron chi connectivity index (χ0n) is 12.3. The average Bonchev–Trinajstić information content (AvgIpc) is 2.46. The van der Waals surface area contributed by atoms with E-state index in [1.807, 2.05) is 56.1 Å². The number of anilines is 3. The Kier molecular flexibility index (Phi) is 4.40. The maximum absolute atomic E-state index is 5.40. The summed E-state index contributed by atoms with van der Waals surface area (Å²) in [7, 11) is 3.64. The van der Waals surface area contributed by atoms with Gasteiger partial charge in [-0.05, 0) is 26.0 Å². The number of ether oxygens (including phenoxy) is 1. The minimum atomic E-state index is 0.736. The fourth-order valence-corrected chi connectivity index (χ4v) is 2.03. The van der Waals surface area contributed by atoms with Crippen LogP contribution in [0, 0.1) is 6.92 Å². The Labute approximate surface area is 119 Å². The van der Waals surface area contributed by atoms with E-state index in [0.29, 0.717) is 0 Å². The molecule has 0 amide bonds. The highest BCUT2D eigenvalue weighted by atomic mass is 16.5. The van der Waals surface area contributed by atoms with Crippen LogP contribution in [0.5, 0.6) is 5.75 Å². The molecule has 0 radical (unpaired) electrons. The highest BCUT2D eigenvalue weighted by Gasteiger charge is 2.12. The molecular weight excluding hydrogens is 252 g/mol. The molecule has 0 aliphatic rings. The summed E-state index contributed by atoms with van der Waals surface area (Å²) in [5.74, 6) is 3.21. The predicted molar refractivity (Wildman–Crippen MR) is 82.0 cm³/mol. The third-order valence-corrected chi connectivity index (χ3v) is 2.97. The van der Waals surface area contributed by atoms with Crippen molar-refractivity contribution in [3.05, 3.63) is 36.2 Å². The topological polar surface area (TPSA) is 50.3 Å². The number of para-hydroxylation sites is 2. The zero-order chi connectivity index (χ0) is 14.5. The lowest BCUT2D eigenvalue weighted by atomic mass is 10.2. The lowest BCUT2D eigenvalue weighted by Crippen LogP contribution is -2.14. The van der Waals surface area contributed by atoms with Gasteiger partial charge in [0.05, 0.1) is 12.8 Å². The van der Waals surface area contributed by atoms with Crippen molar-refractivity contribution in [2.24, 2.45) is 0 Å². The third kappa shape index (κ3) is 2.99. The van der Waals surface area contributed by atoms with E-state index in [-0.39, 0.29) is 0 Å². The number of aryl methyl sites for hydroxylation is 1. The third-order valence-electron chi connectivity index (χ3n) is 2.97. The van der Waals surface area contributed by atoms with Gasteiger partial charge in [0, 0.05) is 19.7 Å². The highest BCUT2D eigenvalue weighted by Crippen LogP contribution is 2.31. The zero-order valence-corrected chi connectivity index (χ0v) is 12.3. The molecule has 2 aromatic rings. The van der Waals surface area contributed by atoms with Crippen molar-refractivity contribution >= 4 is 17.3 Å². The maximum atomic E-state index is 5.40. The van der Waals surface area contributed by atoms with Crippen LogP contribution in [0.2, 0.25) is 0 Å². The second-order valence-corrected chi connectivity index (χ2v) is 4.42. The quantitative estimate of drug-likeness (QED) is 0.906. The van der Waals surface area contributed by atoms with Crippen LogP contribution in [-0.2, 0) is 0 Å². The molecule has 1 heterocycles. The van der Waals surface area contributed by atoms with Crippen LogP contribution in [0.3, 0.4) is 0 Å². The van der Waals surface area contributed by atoms with E-state index in [1.54, 1.807) is 7.11 Å². The molecule has 1 aromatic heterocycles. The Morgan fingerprint density at radius 1 is 1.25 bits per heavy atom. The predicted octanol–water partition coefficient (Wildman–Crippen LogP) is 2.99. The van der Waals surface area contributed by atoms with Gasteiger partial charge in [0.2, 0.25) is 0 Å². The van der Waals surface area contributed by atoms with Gasteiger partial charge in [-0.1, -0.05) is 12.1 Å². The molecule has 0 spiro atoms. The minimum absolute atomic E-state index is 0.736. The first-order valence-corrected chi connectivity index (χ1v) is 6.62. The first-order valence-electron chi connectivity index (χ1n) is 6.62. The van der Waals surface area contributed by atoms with Gasteiger partial charge in [0.1, 0.15) is 23.2 Å². The molecule has 0 atom stereocenters. The van der Waals surface area contributed by atoms with Crippen LogP contribution < -0.4 is 15.0 Å². The fraction of sp³-hybridized carbons (Fsp3) is 0.333. The fourth-order valence-electron chi connectivity index (χ4n) is 2.03. The van der Waals surface area contributed by atoms with Crippen molar-refractivity contribution < 1.29 is 4.74 Å². The molecule has 2 rings (SSSR count). The van der Waals surface area contributed by atoms with Gasteiger partial charge in [0.15, 0.2) is 0 Å². The standard InChI is InChI=1S/C15H20N4O/c1-5-16-14-10-15(18-11(2)17-14)19(3)12-8-6-7-9-13(12)20-4/h6-10H,5H2,1-4H3,(H,16,17,18). The Morgan fingerprint density at radius 3 is 2.70 bits per heavy atom. The van der Waals surface area contributed by atoms with Crippen molar-refractivity contribution in [3.8, 4) is 5.75 Å². The first kappa shape index (κ1) is 14.1. The summed E-state index contributed by atoms with van der Waals surface area (Å²) in [5, 5.41) is 3.21. The lowest BCUT2D eigenvalue weighted by Gasteiger charge is -2.21.